The van der Waals surface area contributed by atoms with Crippen LogP contribution in [0.2, 0.25) is 0 Å². The van der Waals surface area contributed by atoms with E-state index in [0.29, 0.717) is 4.57 Å². The van der Waals surface area contributed by atoms with Crippen molar-refractivity contribution in [1.82, 2.24) is 13.7 Å². The Morgan fingerprint density at radius 2 is 1.39 bits per heavy atom. The highest BCUT2D eigenvalue weighted by molar-refractivity contribution is 6.08. The lowest BCUT2D eigenvalue weighted by Gasteiger charge is -2.14. The summed E-state index contributed by atoms with van der Waals surface area (Å²) in [5.74, 6) is -0.940. The van der Waals surface area contributed by atoms with Gasteiger partial charge >= 0.3 is 23.0 Å². The number of rotatable bonds is 13. The van der Waals surface area contributed by atoms with Gasteiger partial charge in [-0.05, 0) is 6.92 Å². The van der Waals surface area contributed by atoms with E-state index in [2.05, 4.69) is 19.7 Å². The first-order valence-corrected chi connectivity index (χ1v) is 8.61. The summed E-state index contributed by atoms with van der Waals surface area (Å²) in [4.78, 5) is 49.9. The molecule has 10 nitrogen and oxygen atoms in total. The maximum Gasteiger partial charge on any atom is 0.355 e. The van der Waals surface area contributed by atoms with Crippen LogP contribution in [-0.4, -0.2) is 52.7 Å². The molecule has 0 saturated carbocycles. The number of esters is 1. The average Bonchev–Trinajstić information content (AvgIpc) is 2.66. The van der Waals surface area contributed by atoms with Crippen molar-refractivity contribution in [2.24, 2.45) is 0 Å². The molecule has 1 aromatic rings. The molecule has 0 unspecified atom stereocenters. The molecule has 28 heavy (non-hydrogen) atoms. The van der Waals surface area contributed by atoms with Crippen molar-refractivity contribution in [1.29, 1.82) is 0 Å². The van der Waals surface area contributed by atoms with Gasteiger partial charge in [0.1, 0.15) is 5.70 Å². The maximum absolute atomic E-state index is 12.7. The number of ether oxygens (including phenoxy) is 3. The Hall–Kier alpha value is -2.98. The SMILES string of the molecule is C=CCOCCn1c(=O)n(CCOCC=C)c(=O)n(C(=C)C(=O)OCC)c1=O. The van der Waals surface area contributed by atoms with Gasteiger partial charge < -0.3 is 14.2 Å². The van der Waals surface area contributed by atoms with E-state index in [1.165, 1.54) is 12.2 Å². The second-order valence-electron chi connectivity index (χ2n) is 5.38. The summed E-state index contributed by atoms with van der Waals surface area (Å²) in [6.07, 6.45) is 3.03. The zero-order valence-electron chi connectivity index (χ0n) is 15.9. The van der Waals surface area contributed by atoms with E-state index < -0.39 is 28.7 Å². The van der Waals surface area contributed by atoms with E-state index >= 15 is 0 Å². The lowest BCUT2D eigenvalue weighted by atomic mass is 10.4. The van der Waals surface area contributed by atoms with Crippen molar-refractivity contribution in [2.45, 2.75) is 20.0 Å². The van der Waals surface area contributed by atoms with Gasteiger partial charge in [-0.15, -0.1) is 13.2 Å². The highest BCUT2D eigenvalue weighted by atomic mass is 16.5. The molecule has 0 radical (unpaired) electrons. The Bertz CT molecular complexity index is 838. The summed E-state index contributed by atoms with van der Waals surface area (Å²) in [5.41, 5.74) is -3.33. The topological polar surface area (TPSA) is 111 Å². The van der Waals surface area contributed by atoms with Crippen molar-refractivity contribution < 1.29 is 19.0 Å². The molecule has 0 aromatic carbocycles. The van der Waals surface area contributed by atoms with Crippen LogP contribution in [0.1, 0.15) is 6.92 Å². The van der Waals surface area contributed by atoms with Crippen LogP contribution in [0.3, 0.4) is 0 Å². The molecular weight excluding hydrogens is 370 g/mol. The molecule has 1 rings (SSSR count). The first kappa shape index (κ1) is 23.1. The third-order valence-electron chi connectivity index (χ3n) is 3.48. The van der Waals surface area contributed by atoms with Crippen LogP contribution in [0, 0.1) is 0 Å². The van der Waals surface area contributed by atoms with E-state index in [1.54, 1.807) is 6.92 Å². The van der Waals surface area contributed by atoms with E-state index in [-0.39, 0.29) is 46.1 Å². The molecule has 0 N–H and O–H groups in total. The van der Waals surface area contributed by atoms with Gasteiger partial charge in [0.15, 0.2) is 0 Å². The van der Waals surface area contributed by atoms with Crippen LogP contribution in [0.25, 0.3) is 5.70 Å². The van der Waals surface area contributed by atoms with Gasteiger partial charge in [-0.25, -0.2) is 32.9 Å². The second kappa shape index (κ2) is 11.7. The number of carbonyl (C=O) groups is 1. The molecule has 0 bridgehead atoms. The zero-order chi connectivity index (χ0) is 21.1. The molecule has 0 amide bonds. The Kier molecular flexibility index (Phi) is 9.61. The first-order chi connectivity index (χ1) is 13.4. The number of nitrogens with zero attached hydrogens (tertiary/aromatic N) is 3. The molecule has 0 atom stereocenters. The second-order valence-corrected chi connectivity index (χ2v) is 5.38. The summed E-state index contributed by atoms with van der Waals surface area (Å²) < 4.78 is 17.3. The molecule has 0 aliphatic rings. The predicted molar refractivity (Wildman–Crippen MR) is 103 cm³/mol. The highest BCUT2D eigenvalue weighted by Crippen LogP contribution is 1.97. The van der Waals surface area contributed by atoms with Crippen LogP contribution in [0.4, 0.5) is 0 Å². The van der Waals surface area contributed by atoms with E-state index in [9.17, 15) is 19.2 Å². The molecular formula is C18H25N3O7. The number of carbonyl (C=O) groups excluding carboxylic acids is 1. The van der Waals surface area contributed by atoms with Crippen molar-refractivity contribution >= 4 is 11.7 Å². The molecule has 1 aromatic heterocycles. The predicted octanol–water partition coefficient (Wildman–Crippen LogP) is -0.389. The Morgan fingerprint density at radius 1 is 0.929 bits per heavy atom. The maximum atomic E-state index is 12.7. The van der Waals surface area contributed by atoms with Crippen molar-refractivity contribution in [3.8, 4) is 0 Å². The summed E-state index contributed by atoms with van der Waals surface area (Å²) in [6, 6.07) is 0. The third-order valence-corrected chi connectivity index (χ3v) is 3.48. The smallest absolute Gasteiger partial charge is 0.355 e. The lowest BCUT2D eigenvalue weighted by molar-refractivity contribution is -0.136. The van der Waals surface area contributed by atoms with Gasteiger partial charge in [-0.2, -0.15) is 0 Å². The summed E-state index contributed by atoms with van der Waals surface area (Å²) in [6.45, 7) is 12.3. The van der Waals surface area contributed by atoms with Gasteiger partial charge in [0.2, 0.25) is 0 Å². The van der Waals surface area contributed by atoms with Gasteiger partial charge in [-0.1, -0.05) is 18.7 Å². The van der Waals surface area contributed by atoms with Crippen LogP contribution < -0.4 is 17.1 Å². The normalized spacial score (nSPS) is 10.5. The standard InChI is InChI=1S/C18H25N3O7/c1-5-10-26-12-8-19-16(23)20(9-13-27-11-6-2)18(25)21(17(19)24)14(4)15(22)28-7-3/h5-6H,1-2,4,7-13H2,3H3. The third kappa shape index (κ3) is 5.76. The largest absolute Gasteiger partial charge is 0.461 e. The Balaban J connectivity index is 3.41. The quantitative estimate of drug-likeness (QED) is 0.194. The first-order valence-electron chi connectivity index (χ1n) is 8.61. The highest BCUT2D eigenvalue weighted by Gasteiger charge is 2.21. The molecule has 0 aliphatic heterocycles. The number of hydrogen-bond acceptors (Lipinski definition) is 7. The van der Waals surface area contributed by atoms with E-state index in [4.69, 9.17) is 14.2 Å². The number of hydrogen-bond donors (Lipinski definition) is 0. The van der Waals surface area contributed by atoms with Crippen molar-refractivity contribution in [3.63, 3.8) is 0 Å². The minimum absolute atomic E-state index is 0.0260. The van der Waals surface area contributed by atoms with E-state index in [1.807, 2.05) is 0 Å². The lowest BCUT2D eigenvalue weighted by Crippen LogP contribution is -2.55. The average molecular weight is 395 g/mol. The Morgan fingerprint density at radius 3 is 1.79 bits per heavy atom. The summed E-state index contributed by atoms with van der Waals surface area (Å²) in [5, 5.41) is 0. The molecule has 154 valence electrons. The van der Waals surface area contributed by atoms with Gasteiger partial charge in [0.25, 0.3) is 0 Å². The van der Waals surface area contributed by atoms with E-state index in [0.717, 1.165) is 9.13 Å². The fourth-order valence-corrected chi connectivity index (χ4v) is 2.20. The number of aromatic nitrogens is 3. The minimum Gasteiger partial charge on any atom is -0.461 e. The molecule has 0 saturated heterocycles. The minimum atomic E-state index is -1.00. The molecule has 0 spiro atoms. The van der Waals surface area contributed by atoms with Crippen molar-refractivity contribution in [2.75, 3.05) is 33.0 Å². The monoisotopic (exact) mass is 395 g/mol. The Labute approximate surface area is 161 Å². The summed E-state index contributed by atoms with van der Waals surface area (Å²) in [7, 11) is 0. The molecule has 10 heteroatoms. The van der Waals surface area contributed by atoms with Gasteiger partial charge in [0.05, 0.1) is 46.1 Å². The van der Waals surface area contributed by atoms with Gasteiger partial charge in [0, 0.05) is 0 Å². The van der Waals surface area contributed by atoms with Crippen LogP contribution in [-0.2, 0) is 32.1 Å². The fraction of sp³-hybridized carbons (Fsp3) is 0.444. The fourth-order valence-electron chi connectivity index (χ4n) is 2.20. The van der Waals surface area contributed by atoms with Crippen LogP contribution >= 0.6 is 0 Å². The molecule has 0 aliphatic carbocycles. The van der Waals surface area contributed by atoms with Crippen LogP contribution in [0.5, 0.6) is 0 Å². The molecule has 1 heterocycles. The van der Waals surface area contributed by atoms with Crippen LogP contribution in [0.15, 0.2) is 46.3 Å². The van der Waals surface area contributed by atoms with Crippen molar-refractivity contribution in [3.05, 3.63) is 63.3 Å². The zero-order valence-corrected chi connectivity index (χ0v) is 15.9. The molecule has 0 fully saturated rings. The van der Waals surface area contributed by atoms with Gasteiger partial charge in [-0.3, -0.25) is 0 Å². The summed E-state index contributed by atoms with van der Waals surface area (Å²) >= 11 is 0.